The molecule has 0 unspecified atom stereocenters. The molecule has 32 heavy (non-hydrogen) atoms. The number of benzene rings is 3. The lowest BCUT2D eigenvalue weighted by Crippen LogP contribution is -2.19. The number of H-pyrrole nitrogens is 1. The van der Waals surface area contributed by atoms with Crippen molar-refractivity contribution in [2.24, 2.45) is 0 Å². The number of carbonyl (C=O) groups excluding carboxylic acids is 1. The van der Waals surface area contributed by atoms with Gasteiger partial charge in [0.15, 0.2) is 0 Å². The number of nitrogens with one attached hydrogen (secondary N) is 3. The first-order valence-corrected chi connectivity index (χ1v) is 10.4. The zero-order chi connectivity index (χ0) is 22.7. The predicted octanol–water partition coefficient (Wildman–Crippen LogP) is 7.15. The van der Waals surface area contributed by atoms with Crippen LogP contribution in [0.5, 0.6) is 0 Å². The number of urea groups is 1. The monoisotopic (exact) mass is 459 g/mol. The SMILES string of the molecule is O=C(Nc1ccc(Cc2ccc(SC(F)(F)F)cc2)cc1)Nc1c[nH]c2ccc(F)cc12. The standard InChI is InChI=1S/C23H17F4N3OS/c24-16-5-10-20-19(12-16)21(13-28-20)30-22(31)29-17-6-1-14(2-7-17)11-15-3-8-18(9-4-15)32-23(25,26)27/h1-10,12-13,28H,11H2,(H2,29,30,31). The van der Waals surface area contributed by atoms with Crippen molar-refractivity contribution in [2.75, 3.05) is 10.6 Å². The minimum atomic E-state index is -4.30. The number of alkyl halides is 3. The quantitative estimate of drug-likeness (QED) is 0.219. The summed E-state index contributed by atoms with van der Waals surface area (Å²) in [6, 6.07) is 17.1. The molecule has 1 heterocycles. The van der Waals surface area contributed by atoms with Crippen LogP contribution >= 0.6 is 11.8 Å². The van der Waals surface area contributed by atoms with Gasteiger partial charge in [-0.2, -0.15) is 13.2 Å². The van der Waals surface area contributed by atoms with Crippen molar-refractivity contribution in [3.05, 3.63) is 89.9 Å². The molecule has 0 aliphatic heterocycles. The van der Waals surface area contributed by atoms with Gasteiger partial charge in [0.2, 0.25) is 0 Å². The van der Waals surface area contributed by atoms with Gasteiger partial charge in [0.25, 0.3) is 0 Å². The molecule has 3 N–H and O–H groups in total. The lowest BCUT2D eigenvalue weighted by molar-refractivity contribution is -0.0328. The van der Waals surface area contributed by atoms with Crippen molar-refractivity contribution < 1.29 is 22.4 Å². The molecule has 4 nitrogen and oxygen atoms in total. The molecule has 0 fully saturated rings. The summed E-state index contributed by atoms with van der Waals surface area (Å²) < 4.78 is 50.7. The molecule has 0 atom stereocenters. The third-order valence-electron chi connectivity index (χ3n) is 4.67. The second-order valence-electron chi connectivity index (χ2n) is 7.04. The van der Waals surface area contributed by atoms with Gasteiger partial charge >= 0.3 is 11.5 Å². The molecule has 0 aliphatic carbocycles. The van der Waals surface area contributed by atoms with E-state index in [-0.39, 0.29) is 16.7 Å². The molecule has 164 valence electrons. The molecule has 0 radical (unpaired) electrons. The number of rotatable bonds is 5. The average molecular weight is 459 g/mol. The van der Waals surface area contributed by atoms with E-state index in [1.54, 1.807) is 36.5 Å². The minimum Gasteiger partial charge on any atom is -0.359 e. The molecular formula is C23H17F4N3OS. The van der Waals surface area contributed by atoms with Crippen LogP contribution < -0.4 is 10.6 Å². The lowest BCUT2D eigenvalue weighted by atomic mass is 10.0. The number of anilines is 2. The second-order valence-corrected chi connectivity index (χ2v) is 8.18. The van der Waals surface area contributed by atoms with Crippen LogP contribution in [-0.2, 0) is 6.42 Å². The van der Waals surface area contributed by atoms with Gasteiger partial charge < -0.3 is 15.6 Å². The number of fused-ring (bicyclic) bond motifs is 1. The summed E-state index contributed by atoms with van der Waals surface area (Å²) in [5.74, 6) is -0.398. The number of carbonyl (C=O) groups is 1. The number of thioether (sulfide) groups is 1. The number of halogens is 4. The fourth-order valence-electron chi connectivity index (χ4n) is 3.23. The first kappa shape index (κ1) is 21.8. The van der Waals surface area contributed by atoms with Crippen LogP contribution in [0, 0.1) is 5.82 Å². The third kappa shape index (κ3) is 5.61. The topological polar surface area (TPSA) is 56.9 Å². The Kier molecular flexibility index (Phi) is 6.09. The maximum absolute atomic E-state index is 13.5. The Hall–Kier alpha value is -3.46. The highest BCUT2D eigenvalue weighted by Gasteiger charge is 2.28. The molecule has 0 spiro atoms. The van der Waals surface area contributed by atoms with Gasteiger partial charge in [-0.1, -0.05) is 24.3 Å². The highest BCUT2D eigenvalue weighted by atomic mass is 32.2. The molecule has 0 bridgehead atoms. The number of aromatic nitrogens is 1. The van der Waals surface area contributed by atoms with E-state index in [0.29, 0.717) is 28.7 Å². The van der Waals surface area contributed by atoms with Crippen LogP contribution in [0.4, 0.5) is 33.7 Å². The zero-order valence-corrected chi connectivity index (χ0v) is 17.3. The molecule has 4 aromatic rings. The molecule has 0 saturated carbocycles. The normalized spacial score (nSPS) is 11.5. The Morgan fingerprint density at radius 1 is 0.906 bits per heavy atom. The van der Waals surface area contributed by atoms with Crippen LogP contribution in [0.3, 0.4) is 0 Å². The van der Waals surface area contributed by atoms with E-state index in [2.05, 4.69) is 15.6 Å². The number of amides is 2. The highest BCUT2D eigenvalue weighted by molar-refractivity contribution is 8.00. The summed E-state index contributed by atoms with van der Waals surface area (Å²) in [5, 5.41) is 5.96. The summed E-state index contributed by atoms with van der Waals surface area (Å²) in [6.45, 7) is 0. The van der Waals surface area contributed by atoms with Crippen molar-refractivity contribution in [3.8, 4) is 0 Å². The average Bonchev–Trinajstić information content (AvgIpc) is 3.11. The zero-order valence-electron chi connectivity index (χ0n) is 16.5. The first-order chi connectivity index (χ1) is 15.2. The Morgan fingerprint density at radius 3 is 2.22 bits per heavy atom. The summed E-state index contributed by atoms with van der Waals surface area (Å²) in [4.78, 5) is 15.4. The molecule has 0 aliphatic rings. The van der Waals surface area contributed by atoms with Gasteiger partial charge in [-0.05, 0) is 71.8 Å². The van der Waals surface area contributed by atoms with Gasteiger partial charge in [-0.3, -0.25) is 0 Å². The van der Waals surface area contributed by atoms with Gasteiger partial charge in [-0.15, -0.1) is 0 Å². The van der Waals surface area contributed by atoms with Gasteiger partial charge in [0, 0.05) is 27.7 Å². The van der Waals surface area contributed by atoms with E-state index in [9.17, 15) is 22.4 Å². The van der Waals surface area contributed by atoms with Crippen LogP contribution in [0.25, 0.3) is 10.9 Å². The Balaban J connectivity index is 1.35. The largest absolute Gasteiger partial charge is 0.446 e. The van der Waals surface area contributed by atoms with Gasteiger partial charge in [-0.25, -0.2) is 9.18 Å². The summed E-state index contributed by atoms with van der Waals surface area (Å²) >= 11 is -0.141. The molecule has 3 aromatic carbocycles. The summed E-state index contributed by atoms with van der Waals surface area (Å²) in [7, 11) is 0. The van der Waals surface area contributed by atoms with Crippen molar-refractivity contribution in [1.29, 1.82) is 0 Å². The van der Waals surface area contributed by atoms with Crippen molar-refractivity contribution in [1.82, 2.24) is 4.98 Å². The summed E-state index contributed by atoms with van der Waals surface area (Å²) in [6.07, 6.45) is 2.13. The Labute approximate surface area is 185 Å². The Bertz CT molecular complexity index is 1240. The minimum absolute atomic E-state index is 0.141. The molecule has 4 rings (SSSR count). The van der Waals surface area contributed by atoms with Crippen molar-refractivity contribution in [3.63, 3.8) is 0 Å². The number of aromatic amines is 1. The van der Waals surface area contributed by atoms with Gasteiger partial charge in [0.1, 0.15) is 5.82 Å². The fraction of sp³-hybridized carbons (Fsp3) is 0.0870. The Morgan fingerprint density at radius 2 is 1.56 bits per heavy atom. The lowest BCUT2D eigenvalue weighted by Gasteiger charge is -2.09. The van der Waals surface area contributed by atoms with Crippen LogP contribution in [0.1, 0.15) is 11.1 Å². The predicted molar refractivity (Wildman–Crippen MR) is 119 cm³/mol. The van der Waals surface area contributed by atoms with Crippen molar-refractivity contribution in [2.45, 2.75) is 16.8 Å². The maximum atomic E-state index is 13.5. The molecule has 2 amide bonds. The van der Waals surface area contributed by atoms with Gasteiger partial charge in [0.05, 0.1) is 5.69 Å². The van der Waals surface area contributed by atoms with Crippen LogP contribution in [-0.4, -0.2) is 16.5 Å². The van der Waals surface area contributed by atoms with Crippen molar-refractivity contribution >= 4 is 40.1 Å². The molecular weight excluding hydrogens is 442 g/mol. The first-order valence-electron chi connectivity index (χ1n) is 9.53. The third-order valence-corrected chi connectivity index (χ3v) is 5.41. The van der Waals surface area contributed by atoms with Crippen LogP contribution in [0.15, 0.2) is 77.8 Å². The fourth-order valence-corrected chi connectivity index (χ4v) is 3.77. The summed E-state index contributed by atoms with van der Waals surface area (Å²) in [5.41, 5.74) is -0.757. The van der Waals surface area contributed by atoms with Crippen LogP contribution in [0.2, 0.25) is 0 Å². The molecule has 0 saturated heterocycles. The maximum Gasteiger partial charge on any atom is 0.446 e. The number of hydrogen-bond donors (Lipinski definition) is 3. The van der Waals surface area contributed by atoms with E-state index in [4.69, 9.17) is 0 Å². The molecule has 1 aromatic heterocycles. The van der Waals surface area contributed by atoms with E-state index < -0.39 is 17.4 Å². The van der Waals surface area contributed by atoms with E-state index >= 15 is 0 Å². The second kappa shape index (κ2) is 8.96. The smallest absolute Gasteiger partial charge is 0.359 e. The van der Waals surface area contributed by atoms with E-state index in [1.165, 1.54) is 24.3 Å². The highest BCUT2D eigenvalue weighted by Crippen LogP contribution is 2.36. The molecule has 9 heteroatoms. The number of hydrogen-bond acceptors (Lipinski definition) is 2. The van der Waals surface area contributed by atoms with E-state index in [0.717, 1.165) is 11.1 Å². The van der Waals surface area contributed by atoms with E-state index in [1.807, 2.05) is 12.1 Å².